The smallest absolute Gasteiger partial charge is 0.211 e. The molecular weight excluding hydrogens is 272 g/mol. The summed E-state index contributed by atoms with van der Waals surface area (Å²) in [7, 11) is -3.02. The van der Waals surface area contributed by atoms with Gasteiger partial charge in [-0.25, -0.2) is 12.7 Å². The Morgan fingerprint density at radius 2 is 1.80 bits per heavy atom. The van der Waals surface area contributed by atoms with Crippen LogP contribution in [-0.2, 0) is 23.0 Å². The molecule has 1 aliphatic rings. The number of aryl methyl sites for hydroxylation is 1. The Hall–Kier alpha value is -0.910. The van der Waals surface area contributed by atoms with Crippen molar-refractivity contribution in [1.29, 1.82) is 0 Å². The maximum Gasteiger partial charge on any atom is 0.211 e. The number of hydrogen-bond acceptors (Lipinski definition) is 3. The molecule has 5 heteroatoms. The Morgan fingerprint density at radius 3 is 2.35 bits per heavy atom. The second-order valence-corrected chi connectivity index (χ2v) is 7.42. The molecule has 1 heterocycles. The largest absolute Gasteiger partial charge is 0.310 e. The van der Waals surface area contributed by atoms with E-state index in [2.05, 4.69) is 36.5 Å². The Morgan fingerprint density at radius 1 is 1.20 bits per heavy atom. The van der Waals surface area contributed by atoms with Gasteiger partial charge < -0.3 is 5.32 Å². The number of sulfonamides is 1. The molecule has 0 spiro atoms. The fourth-order valence-electron chi connectivity index (χ4n) is 2.72. The lowest BCUT2D eigenvalue weighted by Crippen LogP contribution is -2.44. The van der Waals surface area contributed by atoms with Gasteiger partial charge in [-0.1, -0.05) is 31.2 Å². The third kappa shape index (κ3) is 4.04. The summed E-state index contributed by atoms with van der Waals surface area (Å²) in [5.41, 5.74) is 2.73. The molecule has 1 aromatic carbocycles. The third-order valence-electron chi connectivity index (χ3n) is 4.00. The van der Waals surface area contributed by atoms with Crippen molar-refractivity contribution in [3.8, 4) is 0 Å². The fourth-order valence-corrected chi connectivity index (χ4v) is 3.59. The molecule has 1 saturated heterocycles. The van der Waals surface area contributed by atoms with Crippen LogP contribution in [0, 0.1) is 0 Å². The van der Waals surface area contributed by atoms with Crippen LogP contribution in [0.25, 0.3) is 0 Å². The Bertz CT molecular complexity index is 535. The molecule has 20 heavy (non-hydrogen) atoms. The van der Waals surface area contributed by atoms with E-state index in [1.54, 1.807) is 4.31 Å². The van der Waals surface area contributed by atoms with E-state index in [0.717, 1.165) is 25.8 Å². The van der Waals surface area contributed by atoms with E-state index in [1.165, 1.54) is 17.4 Å². The Kier molecular flexibility index (Phi) is 5.18. The standard InChI is InChI=1S/C15H24N2O2S/c1-3-13-6-4-5-7-14(13)12-16-15-8-10-17(11-9-15)20(2,18)19/h4-7,15-16H,3,8-12H2,1-2H3. The summed E-state index contributed by atoms with van der Waals surface area (Å²) >= 11 is 0. The molecule has 0 aliphatic carbocycles. The van der Waals surface area contributed by atoms with Gasteiger partial charge in [-0.2, -0.15) is 0 Å². The summed E-state index contributed by atoms with van der Waals surface area (Å²) < 4.78 is 24.5. The van der Waals surface area contributed by atoms with Crippen LogP contribution in [0.4, 0.5) is 0 Å². The molecule has 0 saturated carbocycles. The number of benzene rings is 1. The van der Waals surface area contributed by atoms with E-state index < -0.39 is 10.0 Å². The van der Waals surface area contributed by atoms with Crippen LogP contribution >= 0.6 is 0 Å². The number of rotatable bonds is 5. The second-order valence-electron chi connectivity index (χ2n) is 5.44. The number of hydrogen-bond donors (Lipinski definition) is 1. The summed E-state index contributed by atoms with van der Waals surface area (Å²) in [6.07, 6.45) is 4.12. The fraction of sp³-hybridized carbons (Fsp3) is 0.600. The van der Waals surface area contributed by atoms with Crippen LogP contribution in [0.5, 0.6) is 0 Å². The molecule has 0 radical (unpaired) electrons. The molecule has 0 bridgehead atoms. The van der Waals surface area contributed by atoms with Crippen LogP contribution in [0.15, 0.2) is 24.3 Å². The van der Waals surface area contributed by atoms with Crippen LogP contribution in [0.1, 0.15) is 30.9 Å². The molecule has 1 aromatic rings. The minimum absolute atomic E-state index is 0.415. The highest BCUT2D eigenvalue weighted by Gasteiger charge is 2.24. The molecule has 0 amide bonds. The van der Waals surface area contributed by atoms with Gasteiger partial charge in [0.1, 0.15) is 0 Å². The summed E-state index contributed by atoms with van der Waals surface area (Å²) in [4.78, 5) is 0. The molecule has 1 N–H and O–H groups in total. The first-order valence-electron chi connectivity index (χ1n) is 7.26. The molecule has 1 fully saturated rings. The average Bonchev–Trinajstić information content (AvgIpc) is 2.45. The summed E-state index contributed by atoms with van der Waals surface area (Å²) in [5, 5.41) is 3.56. The van der Waals surface area contributed by atoms with Crippen molar-refractivity contribution in [2.45, 2.75) is 38.8 Å². The summed E-state index contributed by atoms with van der Waals surface area (Å²) in [5.74, 6) is 0. The molecule has 0 atom stereocenters. The summed E-state index contributed by atoms with van der Waals surface area (Å²) in [6, 6.07) is 8.90. The van der Waals surface area contributed by atoms with E-state index in [-0.39, 0.29) is 0 Å². The average molecular weight is 296 g/mol. The summed E-state index contributed by atoms with van der Waals surface area (Å²) in [6.45, 7) is 4.30. The van der Waals surface area contributed by atoms with Gasteiger partial charge in [0, 0.05) is 25.7 Å². The lowest BCUT2D eigenvalue weighted by molar-refractivity contribution is 0.290. The molecular formula is C15H24N2O2S. The van der Waals surface area contributed by atoms with Gasteiger partial charge in [0.15, 0.2) is 0 Å². The highest BCUT2D eigenvalue weighted by molar-refractivity contribution is 7.88. The van der Waals surface area contributed by atoms with E-state index in [0.29, 0.717) is 19.1 Å². The van der Waals surface area contributed by atoms with Crippen LogP contribution in [0.3, 0.4) is 0 Å². The van der Waals surface area contributed by atoms with Gasteiger partial charge in [0.2, 0.25) is 10.0 Å². The predicted octanol–water partition coefficient (Wildman–Crippen LogP) is 1.76. The SMILES string of the molecule is CCc1ccccc1CNC1CCN(S(C)(=O)=O)CC1. The molecule has 112 valence electrons. The van der Waals surface area contributed by atoms with Crippen molar-refractivity contribution in [3.05, 3.63) is 35.4 Å². The van der Waals surface area contributed by atoms with Crippen LogP contribution < -0.4 is 5.32 Å². The molecule has 4 nitrogen and oxygen atoms in total. The third-order valence-corrected chi connectivity index (χ3v) is 5.31. The van der Waals surface area contributed by atoms with E-state index in [1.807, 2.05) is 0 Å². The van der Waals surface area contributed by atoms with Gasteiger partial charge in [0.05, 0.1) is 6.26 Å². The Balaban J connectivity index is 1.85. The first kappa shape index (κ1) is 15.5. The highest BCUT2D eigenvalue weighted by atomic mass is 32.2. The van der Waals surface area contributed by atoms with E-state index in [9.17, 15) is 8.42 Å². The van der Waals surface area contributed by atoms with Gasteiger partial charge in [-0.3, -0.25) is 0 Å². The van der Waals surface area contributed by atoms with Crippen LogP contribution in [-0.4, -0.2) is 38.1 Å². The van der Waals surface area contributed by atoms with Gasteiger partial charge >= 0.3 is 0 Å². The zero-order valence-electron chi connectivity index (χ0n) is 12.3. The normalized spacial score (nSPS) is 18.3. The Labute approximate surface area is 122 Å². The zero-order chi connectivity index (χ0) is 14.6. The lowest BCUT2D eigenvalue weighted by atomic mass is 10.0. The molecule has 0 unspecified atom stereocenters. The van der Waals surface area contributed by atoms with Crippen molar-refractivity contribution in [3.63, 3.8) is 0 Å². The predicted molar refractivity (Wildman–Crippen MR) is 82.1 cm³/mol. The topological polar surface area (TPSA) is 49.4 Å². The van der Waals surface area contributed by atoms with Crippen LogP contribution in [0.2, 0.25) is 0 Å². The minimum atomic E-state index is -3.02. The van der Waals surface area contributed by atoms with E-state index >= 15 is 0 Å². The zero-order valence-corrected chi connectivity index (χ0v) is 13.1. The monoisotopic (exact) mass is 296 g/mol. The van der Waals surface area contributed by atoms with Crippen molar-refractivity contribution >= 4 is 10.0 Å². The van der Waals surface area contributed by atoms with Crippen molar-refractivity contribution in [2.24, 2.45) is 0 Å². The molecule has 1 aliphatic heterocycles. The second kappa shape index (κ2) is 6.70. The first-order valence-corrected chi connectivity index (χ1v) is 9.11. The minimum Gasteiger partial charge on any atom is -0.310 e. The molecule has 2 rings (SSSR count). The highest BCUT2D eigenvalue weighted by Crippen LogP contribution is 2.15. The van der Waals surface area contributed by atoms with E-state index in [4.69, 9.17) is 0 Å². The van der Waals surface area contributed by atoms with Gasteiger partial charge in [-0.15, -0.1) is 0 Å². The lowest BCUT2D eigenvalue weighted by Gasteiger charge is -2.31. The first-order chi connectivity index (χ1) is 9.50. The van der Waals surface area contributed by atoms with Crippen molar-refractivity contribution in [1.82, 2.24) is 9.62 Å². The number of nitrogens with zero attached hydrogens (tertiary/aromatic N) is 1. The van der Waals surface area contributed by atoms with Gasteiger partial charge in [-0.05, 0) is 30.4 Å². The maximum absolute atomic E-state index is 11.5. The number of nitrogens with one attached hydrogen (secondary N) is 1. The maximum atomic E-state index is 11.5. The quantitative estimate of drug-likeness (QED) is 0.901. The van der Waals surface area contributed by atoms with Gasteiger partial charge in [0.25, 0.3) is 0 Å². The molecule has 0 aromatic heterocycles. The number of piperidine rings is 1. The van der Waals surface area contributed by atoms with Crippen molar-refractivity contribution < 1.29 is 8.42 Å². The van der Waals surface area contributed by atoms with Crippen molar-refractivity contribution in [2.75, 3.05) is 19.3 Å².